The van der Waals surface area contributed by atoms with Gasteiger partial charge in [0.1, 0.15) is 6.10 Å². The average molecular weight is 282 g/mol. The molecule has 0 saturated heterocycles. The summed E-state index contributed by atoms with van der Waals surface area (Å²) in [6.07, 6.45) is 0.400. The molecular formula is C15H23FN2O2. The van der Waals surface area contributed by atoms with Crippen molar-refractivity contribution in [3.63, 3.8) is 0 Å². The first-order valence-electron chi connectivity index (χ1n) is 6.90. The molecule has 0 aliphatic heterocycles. The highest BCUT2D eigenvalue weighted by atomic mass is 19.1. The molecule has 4 nitrogen and oxygen atoms in total. The summed E-state index contributed by atoms with van der Waals surface area (Å²) in [5.41, 5.74) is 5.68. The molecule has 3 N–H and O–H groups in total. The van der Waals surface area contributed by atoms with E-state index < -0.39 is 5.82 Å². The molecule has 5 heteroatoms. The first kappa shape index (κ1) is 16.4. The highest BCUT2D eigenvalue weighted by molar-refractivity contribution is 5.78. The van der Waals surface area contributed by atoms with Crippen molar-refractivity contribution in [2.45, 2.75) is 39.3 Å². The fraction of sp³-hybridized carbons (Fsp3) is 0.533. The van der Waals surface area contributed by atoms with Crippen LogP contribution in [-0.2, 0) is 4.79 Å². The van der Waals surface area contributed by atoms with E-state index in [2.05, 4.69) is 5.32 Å². The highest BCUT2D eigenvalue weighted by Crippen LogP contribution is 2.17. The zero-order chi connectivity index (χ0) is 15.1. The van der Waals surface area contributed by atoms with Crippen molar-refractivity contribution in [1.29, 1.82) is 0 Å². The fourth-order valence-electron chi connectivity index (χ4n) is 1.60. The van der Waals surface area contributed by atoms with Gasteiger partial charge in [0.25, 0.3) is 0 Å². The summed E-state index contributed by atoms with van der Waals surface area (Å²) in [7, 11) is 0. The molecule has 0 saturated carbocycles. The number of hydrogen-bond donors (Lipinski definition) is 2. The maximum absolute atomic E-state index is 13.5. The number of halogens is 1. The van der Waals surface area contributed by atoms with E-state index in [-0.39, 0.29) is 29.7 Å². The van der Waals surface area contributed by atoms with Crippen LogP contribution in [0, 0.1) is 11.7 Å². The van der Waals surface area contributed by atoms with Gasteiger partial charge in [-0.1, -0.05) is 26.0 Å². The van der Waals surface area contributed by atoms with E-state index in [9.17, 15) is 9.18 Å². The number of hydrogen-bond acceptors (Lipinski definition) is 3. The second-order valence-corrected chi connectivity index (χ2v) is 4.97. The van der Waals surface area contributed by atoms with E-state index >= 15 is 0 Å². The van der Waals surface area contributed by atoms with E-state index in [1.165, 1.54) is 6.07 Å². The topological polar surface area (TPSA) is 64.4 Å². The average Bonchev–Trinajstić information content (AvgIpc) is 2.43. The van der Waals surface area contributed by atoms with Gasteiger partial charge in [-0.2, -0.15) is 0 Å². The van der Waals surface area contributed by atoms with Crippen molar-refractivity contribution < 1.29 is 13.9 Å². The lowest BCUT2D eigenvalue weighted by atomic mass is 10.0. The summed E-state index contributed by atoms with van der Waals surface area (Å²) < 4.78 is 19.1. The second-order valence-electron chi connectivity index (χ2n) is 4.97. The summed E-state index contributed by atoms with van der Waals surface area (Å²) in [4.78, 5) is 11.8. The third-order valence-electron chi connectivity index (χ3n) is 3.29. The van der Waals surface area contributed by atoms with Gasteiger partial charge in [-0.25, -0.2) is 4.39 Å². The van der Waals surface area contributed by atoms with Crippen LogP contribution in [0.1, 0.15) is 27.2 Å². The molecule has 3 unspecified atom stereocenters. The molecule has 0 spiro atoms. The number of rotatable bonds is 7. The molecule has 3 atom stereocenters. The SMILES string of the molecule is CCC(CNC(=O)C(C)C(C)N)Oc1ccccc1F. The van der Waals surface area contributed by atoms with Gasteiger partial charge in [-0.3, -0.25) is 4.79 Å². The number of benzene rings is 1. The van der Waals surface area contributed by atoms with Crippen LogP contribution in [0.15, 0.2) is 24.3 Å². The van der Waals surface area contributed by atoms with Crippen LogP contribution in [-0.4, -0.2) is 24.6 Å². The molecule has 1 rings (SSSR count). The van der Waals surface area contributed by atoms with E-state index in [1.54, 1.807) is 32.0 Å². The minimum atomic E-state index is -0.402. The maximum Gasteiger partial charge on any atom is 0.224 e. The van der Waals surface area contributed by atoms with Crippen LogP contribution in [0.3, 0.4) is 0 Å². The van der Waals surface area contributed by atoms with Crippen molar-refractivity contribution in [2.75, 3.05) is 6.54 Å². The Kier molecular flexibility index (Phi) is 6.45. The molecule has 0 radical (unpaired) electrons. The molecule has 1 aromatic rings. The lowest BCUT2D eigenvalue weighted by molar-refractivity contribution is -0.125. The Balaban J connectivity index is 2.52. The van der Waals surface area contributed by atoms with Crippen molar-refractivity contribution in [3.8, 4) is 5.75 Å². The minimum Gasteiger partial charge on any atom is -0.486 e. The van der Waals surface area contributed by atoms with Crippen LogP contribution in [0.4, 0.5) is 4.39 Å². The Morgan fingerprint density at radius 3 is 2.60 bits per heavy atom. The summed E-state index contributed by atoms with van der Waals surface area (Å²) in [6, 6.07) is 6.03. The van der Waals surface area contributed by atoms with Crippen LogP contribution in [0.5, 0.6) is 5.75 Å². The predicted octanol–water partition coefficient (Wildman–Crippen LogP) is 2.08. The minimum absolute atomic E-state index is 0.115. The van der Waals surface area contributed by atoms with Crippen molar-refractivity contribution >= 4 is 5.91 Å². The van der Waals surface area contributed by atoms with Gasteiger partial charge < -0.3 is 15.8 Å². The largest absolute Gasteiger partial charge is 0.486 e. The van der Waals surface area contributed by atoms with E-state index in [0.29, 0.717) is 13.0 Å². The Morgan fingerprint density at radius 2 is 2.05 bits per heavy atom. The molecule has 0 bridgehead atoms. The number of para-hydroxylation sites is 1. The number of nitrogens with one attached hydrogen (secondary N) is 1. The normalized spacial score (nSPS) is 15.2. The fourth-order valence-corrected chi connectivity index (χ4v) is 1.60. The highest BCUT2D eigenvalue weighted by Gasteiger charge is 2.18. The van der Waals surface area contributed by atoms with E-state index in [4.69, 9.17) is 10.5 Å². The maximum atomic E-state index is 13.5. The third-order valence-corrected chi connectivity index (χ3v) is 3.29. The molecule has 0 fully saturated rings. The van der Waals surface area contributed by atoms with Gasteiger partial charge in [0, 0.05) is 12.0 Å². The lowest BCUT2D eigenvalue weighted by Crippen LogP contribution is -2.42. The summed E-state index contributed by atoms with van der Waals surface area (Å²) in [5, 5.41) is 2.79. The van der Waals surface area contributed by atoms with Gasteiger partial charge in [-0.15, -0.1) is 0 Å². The van der Waals surface area contributed by atoms with Gasteiger partial charge in [0.2, 0.25) is 5.91 Å². The number of nitrogens with two attached hydrogens (primary N) is 1. The van der Waals surface area contributed by atoms with Crippen LogP contribution in [0.2, 0.25) is 0 Å². The summed E-state index contributed by atoms with van der Waals surface area (Å²) in [6.45, 7) is 5.82. The van der Waals surface area contributed by atoms with Gasteiger partial charge in [0.05, 0.1) is 6.54 Å². The molecule has 0 aromatic heterocycles. The monoisotopic (exact) mass is 282 g/mol. The molecule has 1 amide bonds. The smallest absolute Gasteiger partial charge is 0.224 e. The molecule has 20 heavy (non-hydrogen) atoms. The predicted molar refractivity (Wildman–Crippen MR) is 76.9 cm³/mol. The van der Waals surface area contributed by atoms with Crippen molar-refractivity contribution in [1.82, 2.24) is 5.32 Å². The molecule has 112 valence electrons. The number of amides is 1. The first-order chi connectivity index (χ1) is 9.45. The zero-order valence-electron chi connectivity index (χ0n) is 12.2. The third kappa shape index (κ3) is 4.81. The summed E-state index contributed by atoms with van der Waals surface area (Å²) >= 11 is 0. The van der Waals surface area contributed by atoms with Crippen molar-refractivity contribution in [3.05, 3.63) is 30.1 Å². The molecule has 0 aliphatic rings. The number of carbonyl (C=O) groups excluding carboxylic acids is 1. The molecule has 0 heterocycles. The van der Waals surface area contributed by atoms with Crippen LogP contribution >= 0.6 is 0 Å². The summed E-state index contributed by atoms with van der Waals surface area (Å²) in [5.74, 6) is -0.577. The zero-order valence-corrected chi connectivity index (χ0v) is 12.2. The quantitative estimate of drug-likeness (QED) is 0.805. The molecular weight excluding hydrogens is 259 g/mol. The van der Waals surface area contributed by atoms with Crippen LogP contribution < -0.4 is 15.8 Å². The second kappa shape index (κ2) is 7.85. The Hall–Kier alpha value is -1.62. The van der Waals surface area contributed by atoms with E-state index in [0.717, 1.165) is 0 Å². The van der Waals surface area contributed by atoms with E-state index in [1.807, 2.05) is 6.92 Å². The Labute approximate surface area is 119 Å². The Bertz CT molecular complexity index is 438. The molecule has 1 aromatic carbocycles. The lowest BCUT2D eigenvalue weighted by Gasteiger charge is -2.21. The number of ether oxygens (including phenoxy) is 1. The Morgan fingerprint density at radius 1 is 1.40 bits per heavy atom. The van der Waals surface area contributed by atoms with Crippen LogP contribution in [0.25, 0.3) is 0 Å². The van der Waals surface area contributed by atoms with Gasteiger partial charge in [0.15, 0.2) is 11.6 Å². The number of carbonyl (C=O) groups is 1. The van der Waals surface area contributed by atoms with Gasteiger partial charge in [-0.05, 0) is 25.5 Å². The molecule has 0 aliphatic carbocycles. The standard InChI is InChI=1S/C15H23FN2O2/c1-4-12(9-18-15(19)10(2)11(3)17)20-14-8-6-5-7-13(14)16/h5-8,10-12H,4,9,17H2,1-3H3,(H,18,19). The first-order valence-corrected chi connectivity index (χ1v) is 6.90. The van der Waals surface area contributed by atoms with Crippen molar-refractivity contribution in [2.24, 2.45) is 11.7 Å². The van der Waals surface area contributed by atoms with Gasteiger partial charge >= 0.3 is 0 Å².